The van der Waals surface area contributed by atoms with Crippen LogP contribution in [-0.4, -0.2) is 14.9 Å². The molecule has 0 radical (unpaired) electrons. The molecule has 0 bridgehead atoms. The van der Waals surface area contributed by atoms with E-state index in [0.717, 1.165) is 31.0 Å². The first kappa shape index (κ1) is 21.0. The van der Waals surface area contributed by atoms with Crippen LogP contribution < -0.4 is 0 Å². The van der Waals surface area contributed by atoms with Gasteiger partial charge in [0.25, 0.3) is 0 Å². The number of nitrogens with zero attached hydrogens (tertiary/aromatic N) is 3. The van der Waals surface area contributed by atoms with Crippen LogP contribution in [0, 0.1) is 0 Å². The molecule has 172 valence electrons. The maximum Gasteiger partial charge on any atom is 0.0544 e. The number of rotatable bonds is 6. The summed E-state index contributed by atoms with van der Waals surface area (Å²) in [6.45, 7) is 2.35. The van der Waals surface area contributed by atoms with Crippen molar-refractivity contribution in [3.05, 3.63) is 132 Å². The third-order valence-corrected chi connectivity index (χ3v) is 7.23. The Balaban J connectivity index is 1.38. The quantitative estimate of drug-likeness (QED) is 0.187. The third-order valence-electron chi connectivity index (χ3n) is 7.23. The summed E-state index contributed by atoms with van der Waals surface area (Å²) >= 11 is 0. The molecule has 0 aliphatic rings. The second kappa shape index (κ2) is 8.71. The molecule has 0 aliphatic carbocycles. The highest BCUT2D eigenvalue weighted by atomic mass is 15.1. The molecule has 0 saturated heterocycles. The number of hydrogen-bond donors (Lipinski definition) is 0. The summed E-state index contributed by atoms with van der Waals surface area (Å²) < 4.78 is 0. The van der Waals surface area contributed by atoms with E-state index in [4.69, 9.17) is 0 Å². The van der Waals surface area contributed by atoms with Crippen LogP contribution in [0.4, 0.5) is 0 Å². The second-order valence-electron chi connectivity index (χ2n) is 9.50. The lowest BCUT2D eigenvalue weighted by Gasteiger charge is -2.23. The predicted molar refractivity (Wildman–Crippen MR) is 149 cm³/mol. The molecule has 7 aromatic rings. The Hall–Kier alpha value is -4.34. The van der Waals surface area contributed by atoms with Crippen molar-refractivity contribution in [1.29, 1.82) is 0 Å². The van der Waals surface area contributed by atoms with E-state index < -0.39 is 0 Å². The molecule has 7 rings (SSSR count). The van der Waals surface area contributed by atoms with Gasteiger partial charge in [0.2, 0.25) is 0 Å². The molecule has 0 unspecified atom stereocenters. The van der Waals surface area contributed by atoms with E-state index in [0.29, 0.717) is 0 Å². The van der Waals surface area contributed by atoms with Gasteiger partial charge in [-0.15, -0.1) is 0 Å². The van der Waals surface area contributed by atoms with Crippen molar-refractivity contribution in [2.75, 3.05) is 0 Å². The minimum atomic E-state index is 0.766. The van der Waals surface area contributed by atoms with Crippen LogP contribution in [0.15, 0.2) is 116 Å². The van der Waals surface area contributed by atoms with Gasteiger partial charge in [0.1, 0.15) is 0 Å². The van der Waals surface area contributed by atoms with Crippen LogP contribution in [0.25, 0.3) is 43.1 Å². The minimum absolute atomic E-state index is 0.766. The Labute approximate surface area is 210 Å². The van der Waals surface area contributed by atoms with Crippen molar-refractivity contribution in [3.8, 4) is 0 Å². The summed E-state index contributed by atoms with van der Waals surface area (Å²) in [7, 11) is 0. The van der Waals surface area contributed by atoms with Crippen LogP contribution in [0.1, 0.15) is 17.0 Å². The summed E-state index contributed by atoms with van der Waals surface area (Å²) in [6.07, 6.45) is 3.74. The molecule has 2 aromatic heterocycles. The van der Waals surface area contributed by atoms with Gasteiger partial charge in [-0.3, -0.25) is 14.9 Å². The standard InChI is InChI=1S/C33H25N3/c1-3-18-34-25(10-1)21-36(22-26-11-2-4-19-35-26)20-24-16-17-31-29-14-6-9-23-8-5-13-28(32(23)29)30-15-7-12-27(24)33(30)31/h1-19H,20-22H2. The van der Waals surface area contributed by atoms with Gasteiger partial charge in [-0.05, 0) is 72.9 Å². The highest BCUT2D eigenvalue weighted by Gasteiger charge is 2.16. The van der Waals surface area contributed by atoms with Crippen LogP contribution in [0.3, 0.4) is 0 Å². The molecule has 0 aliphatic heterocycles. The number of fused-ring (bicyclic) bond motifs is 2. The normalized spacial score (nSPS) is 11.9. The number of pyridine rings is 2. The van der Waals surface area contributed by atoms with Gasteiger partial charge >= 0.3 is 0 Å². The molecule has 36 heavy (non-hydrogen) atoms. The highest BCUT2D eigenvalue weighted by molar-refractivity contribution is 6.33. The smallest absolute Gasteiger partial charge is 0.0544 e. The topological polar surface area (TPSA) is 29.0 Å². The Morgan fingerprint density at radius 3 is 1.61 bits per heavy atom. The van der Waals surface area contributed by atoms with Gasteiger partial charge in [0.15, 0.2) is 0 Å². The van der Waals surface area contributed by atoms with E-state index in [9.17, 15) is 0 Å². The van der Waals surface area contributed by atoms with Crippen molar-refractivity contribution in [2.24, 2.45) is 0 Å². The van der Waals surface area contributed by atoms with Gasteiger partial charge in [-0.1, -0.05) is 78.9 Å². The van der Waals surface area contributed by atoms with Gasteiger partial charge in [-0.25, -0.2) is 0 Å². The van der Waals surface area contributed by atoms with Gasteiger partial charge in [0, 0.05) is 32.0 Å². The third kappa shape index (κ3) is 3.57. The molecule has 0 N–H and O–H groups in total. The molecule has 5 aromatic carbocycles. The Morgan fingerprint density at radius 1 is 0.444 bits per heavy atom. The molecule has 0 saturated carbocycles. The molecule has 2 heterocycles. The number of benzene rings is 5. The SMILES string of the molecule is c1ccc(CN(Cc2ccccn2)Cc2ccc3c4cccc5cccc(c6cccc2c63)c54)nc1. The highest BCUT2D eigenvalue weighted by Crippen LogP contribution is 2.41. The summed E-state index contributed by atoms with van der Waals surface area (Å²) in [4.78, 5) is 11.6. The largest absolute Gasteiger partial charge is 0.287 e. The lowest BCUT2D eigenvalue weighted by Crippen LogP contribution is -2.23. The van der Waals surface area contributed by atoms with Crippen molar-refractivity contribution in [3.63, 3.8) is 0 Å². The van der Waals surface area contributed by atoms with Crippen LogP contribution in [0.2, 0.25) is 0 Å². The fourth-order valence-corrected chi connectivity index (χ4v) is 5.69. The first-order valence-corrected chi connectivity index (χ1v) is 12.4. The zero-order valence-corrected chi connectivity index (χ0v) is 19.9. The first-order chi connectivity index (χ1) is 17.8. The van der Waals surface area contributed by atoms with Crippen LogP contribution >= 0.6 is 0 Å². The number of aromatic nitrogens is 2. The maximum absolute atomic E-state index is 4.60. The zero-order valence-electron chi connectivity index (χ0n) is 19.9. The Morgan fingerprint density at radius 2 is 1.00 bits per heavy atom. The average Bonchev–Trinajstić information content (AvgIpc) is 2.93. The molecule has 3 nitrogen and oxygen atoms in total. The lowest BCUT2D eigenvalue weighted by molar-refractivity contribution is 0.242. The average molecular weight is 464 g/mol. The molecular weight excluding hydrogens is 438 g/mol. The van der Waals surface area contributed by atoms with Crippen molar-refractivity contribution < 1.29 is 0 Å². The fourth-order valence-electron chi connectivity index (χ4n) is 5.69. The van der Waals surface area contributed by atoms with E-state index in [2.05, 4.69) is 106 Å². The second-order valence-corrected chi connectivity index (χ2v) is 9.50. The summed E-state index contributed by atoms with van der Waals surface area (Å²) in [5, 5.41) is 10.7. The van der Waals surface area contributed by atoms with Crippen LogP contribution in [-0.2, 0) is 19.6 Å². The molecule has 3 heteroatoms. The molecule has 0 atom stereocenters. The first-order valence-electron chi connectivity index (χ1n) is 12.4. The minimum Gasteiger partial charge on any atom is -0.287 e. The molecular formula is C33H25N3. The van der Waals surface area contributed by atoms with Crippen molar-refractivity contribution in [1.82, 2.24) is 14.9 Å². The van der Waals surface area contributed by atoms with Gasteiger partial charge < -0.3 is 0 Å². The zero-order chi connectivity index (χ0) is 23.9. The summed E-state index contributed by atoms with van der Waals surface area (Å²) in [6, 6.07) is 37.0. The molecule has 0 amide bonds. The summed E-state index contributed by atoms with van der Waals surface area (Å²) in [5.41, 5.74) is 3.46. The molecule has 0 spiro atoms. The Bertz CT molecular complexity index is 1720. The van der Waals surface area contributed by atoms with Crippen LogP contribution in [0.5, 0.6) is 0 Å². The molecule has 0 fully saturated rings. The van der Waals surface area contributed by atoms with E-state index in [1.165, 1.54) is 48.7 Å². The van der Waals surface area contributed by atoms with E-state index in [1.54, 1.807) is 0 Å². The maximum atomic E-state index is 4.60. The summed E-state index contributed by atoms with van der Waals surface area (Å²) in [5.74, 6) is 0. The van der Waals surface area contributed by atoms with E-state index >= 15 is 0 Å². The van der Waals surface area contributed by atoms with E-state index in [-0.39, 0.29) is 0 Å². The Kier molecular flexibility index (Phi) is 5.07. The van der Waals surface area contributed by atoms with E-state index in [1.807, 2.05) is 24.5 Å². The predicted octanol–water partition coefficient (Wildman–Crippen LogP) is 7.73. The monoisotopic (exact) mass is 463 g/mol. The van der Waals surface area contributed by atoms with Crippen molar-refractivity contribution >= 4 is 43.1 Å². The lowest BCUT2D eigenvalue weighted by atomic mass is 9.88. The van der Waals surface area contributed by atoms with Gasteiger partial charge in [0.05, 0.1) is 11.4 Å². The number of hydrogen-bond acceptors (Lipinski definition) is 3. The van der Waals surface area contributed by atoms with Gasteiger partial charge in [-0.2, -0.15) is 0 Å². The fraction of sp³-hybridized carbons (Fsp3) is 0.0909. The van der Waals surface area contributed by atoms with Crippen molar-refractivity contribution in [2.45, 2.75) is 19.6 Å².